The summed E-state index contributed by atoms with van der Waals surface area (Å²) < 4.78 is 7.04. The van der Waals surface area contributed by atoms with Crippen LogP contribution in [-0.4, -0.2) is 34.9 Å². The third-order valence-electron chi connectivity index (χ3n) is 3.35. The zero-order chi connectivity index (χ0) is 14.3. The van der Waals surface area contributed by atoms with Crippen LogP contribution in [-0.2, 0) is 16.1 Å². The van der Waals surface area contributed by atoms with Crippen molar-refractivity contribution in [2.45, 2.75) is 52.1 Å². The molecule has 1 heterocycles. The Morgan fingerprint density at radius 1 is 1.53 bits per heavy atom. The molecule has 0 aliphatic carbocycles. The number of nitrogens with one attached hydrogen (secondary N) is 1. The van der Waals surface area contributed by atoms with Crippen molar-refractivity contribution in [1.29, 1.82) is 0 Å². The molecule has 0 fully saturated rings. The Balaban J connectivity index is 2.35. The molecule has 0 saturated heterocycles. The van der Waals surface area contributed by atoms with Crippen LogP contribution in [0.1, 0.15) is 38.7 Å². The summed E-state index contributed by atoms with van der Waals surface area (Å²) in [6.07, 6.45) is 6.61. The lowest BCUT2D eigenvalue weighted by atomic mass is 9.95. The van der Waals surface area contributed by atoms with Crippen molar-refractivity contribution in [2.24, 2.45) is 0 Å². The Hall–Kier alpha value is -1.36. The SMILES string of the molecule is CCOC(=O)C(C)(CCCCn1cc(C)cn1)NC. The number of carbonyl (C=O) groups excluding carboxylic acids is 1. The highest BCUT2D eigenvalue weighted by molar-refractivity contribution is 5.80. The molecule has 0 spiro atoms. The molecule has 0 aromatic carbocycles. The minimum Gasteiger partial charge on any atom is -0.465 e. The molecule has 1 atom stereocenters. The summed E-state index contributed by atoms with van der Waals surface area (Å²) in [6.45, 7) is 7.05. The van der Waals surface area contributed by atoms with Crippen molar-refractivity contribution < 1.29 is 9.53 Å². The standard InChI is InChI=1S/C14H25N3O2/c1-5-19-13(18)14(3,15-4)8-6-7-9-17-11-12(2)10-16-17/h10-11,15H,5-9H2,1-4H3. The van der Waals surface area contributed by atoms with Gasteiger partial charge < -0.3 is 10.1 Å². The smallest absolute Gasteiger partial charge is 0.326 e. The lowest BCUT2D eigenvalue weighted by molar-refractivity contribution is -0.150. The van der Waals surface area contributed by atoms with Crippen LogP contribution < -0.4 is 5.32 Å². The first-order chi connectivity index (χ1) is 9.01. The summed E-state index contributed by atoms with van der Waals surface area (Å²) >= 11 is 0. The van der Waals surface area contributed by atoms with Crippen LogP contribution in [0.2, 0.25) is 0 Å². The Bertz CT molecular complexity index is 403. The number of aromatic nitrogens is 2. The van der Waals surface area contributed by atoms with Gasteiger partial charge in [0.15, 0.2) is 0 Å². The minimum absolute atomic E-state index is 0.174. The fourth-order valence-corrected chi connectivity index (χ4v) is 1.96. The number of carbonyl (C=O) groups is 1. The van der Waals surface area contributed by atoms with Gasteiger partial charge in [-0.05, 0) is 52.6 Å². The first-order valence-electron chi connectivity index (χ1n) is 6.87. The number of likely N-dealkylation sites (N-methyl/N-ethyl adjacent to an activating group) is 1. The van der Waals surface area contributed by atoms with Gasteiger partial charge in [0.1, 0.15) is 5.54 Å². The molecule has 0 aliphatic rings. The predicted octanol–water partition coefficient (Wildman–Crippen LogP) is 1.90. The van der Waals surface area contributed by atoms with E-state index < -0.39 is 5.54 Å². The molecule has 1 aromatic rings. The summed E-state index contributed by atoms with van der Waals surface area (Å²) in [5.74, 6) is -0.174. The molecule has 0 bridgehead atoms. The number of rotatable bonds is 8. The summed E-state index contributed by atoms with van der Waals surface area (Å²) in [6, 6.07) is 0. The van der Waals surface area contributed by atoms with E-state index in [1.54, 1.807) is 7.05 Å². The van der Waals surface area contributed by atoms with Gasteiger partial charge in [0.2, 0.25) is 0 Å². The third-order valence-corrected chi connectivity index (χ3v) is 3.35. The minimum atomic E-state index is -0.587. The van der Waals surface area contributed by atoms with Crippen LogP contribution in [0, 0.1) is 6.92 Å². The van der Waals surface area contributed by atoms with Crippen LogP contribution in [0.25, 0.3) is 0 Å². The summed E-state index contributed by atoms with van der Waals surface area (Å²) in [7, 11) is 1.80. The number of unbranched alkanes of at least 4 members (excludes halogenated alkanes) is 1. The first-order valence-corrected chi connectivity index (χ1v) is 6.87. The van der Waals surface area contributed by atoms with Crippen molar-refractivity contribution in [3.8, 4) is 0 Å². The van der Waals surface area contributed by atoms with E-state index in [2.05, 4.69) is 10.4 Å². The average Bonchev–Trinajstić information content (AvgIpc) is 2.80. The Kier molecular flexibility index (Phi) is 6.02. The molecule has 1 rings (SSSR count). The van der Waals surface area contributed by atoms with Crippen LogP contribution in [0.5, 0.6) is 0 Å². The van der Waals surface area contributed by atoms with Gasteiger partial charge in [0.05, 0.1) is 12.8 Å². The molecule has 0 amide bonds. The normalized spacial score (nSPS) is 14.1. The van der Waals surface area contributed by atoms with Gasteiger partial charge in [-0.1, -0.05) is 0 Å². The van der Waals surface area contributed by atoms with Crippen molar-refractivity contribution in [1.82, 2.24) is 15.1 Å². The maximum Gasteiger partial charge on any atom is 0.326 e. The van der Waals surface area contributed by atoms with E-state index in [0.717, 1.165) is 25.8 Å². The summed E-state index contributed by atoms with van der Waals surface area (Å²) in [5.41, 5.74) is 0.586. The molecular formula is C14H25N3O2. The zero-order valence-electron chi connectivity index (χ0n) is 12.4. The highest BCUT2D eigenvalue weighted by atomic mass is 16.5. The molecule has 19 heavy (non-hydrogen) atoms. The fourth-order valence-electron chi connectivity index (χ4n) is 1.96. The van der Waals surface area contributed by atoms with Gasteiger partial charge in [-0.2, -0.15) is 5.10 Å². The number of hydrogen-bond acceptors (Lipinski definition) is 4. The van der Waals surface area contributed by atoms with Gasteiger partial charge >= 0.3 is 5.97 Å². The molecule has 5 heteroatoms. The van der Waals surface area contributed by atoms with E-state index >= 15 is 0 Å². The summed E-state index contributed by atoms with van der Waals surface area (Å²) in [5, 5.41) is 7.31. The fraction of sp³-hybridized carbons (Fsp3) is 0.714. The van der Waals surface area contributed by atoms with E-state index in [9.17, 15) is 4.79 Å². The third kappa shape index (κ3) is 4.67. The number of nitrogens with zero attached hydrogens (tertiary/aromatic N) is 2. The second-order valence-electron chi connectivity index (χ2n) is 5.04. The highest BCUT2D eigenvalue weighted by Crippen LogP contribution is 2.16. The molecule has 0 radical (unpaired) electrons. The van der Waals surface area contributed by atoms with Gasteiger partial charge in [-0.15, -0.1) is 0 Å². The molecule has 0 aliphatic heterocycles. The zero-order valence-corrected chi connectivity index (χ0v) is 12.4. The van der Waals surface area contributed by atoms with Gasteiger partial charge in [-0.25, -0.2) is 0 Å². The van der Waals surface area contributed by atoms with Crippen LogP contribution in [0.15, 0.2) is 12.4 Å². The van der Waals surface area contributed by atoms with Gasteiger partial charge in [0.25, 0.3) is 0 Å². The summed E-state index contributed by atoms with van der Waals surface area (Å²) in [4.78, 5) is 11.9. The van der Waals surface area contributed by atoms with Crippen LogP contribution in [0.3, 0.4) is 0 Å². The van der Waals surface area contributed by atoms with E-state index in [1.165, 1.54) is 5.56 Å². The van der Waals surface area contributed by atoms with Crippen LogP contribution >= 0.6 is 0 Å². The van der Waals surface area contributed by atoms with Gasteiger partial charge in [-0.3, -0.25) is 9.48 Å². The van der Waals surface area contributed by atoms with E-state index in [-0.39, 0.29) is 5.97 Å². The molecule has 5 nitrogen and oxygen atoms in total. The molecule has 108 valence electrons. The molecular weight excluding hydrogens is 242 g/mol. The molecule has 1 unspecified atom stereocenters. The predicted molar refractivity (Wildman–Crippen MR) is 74.9 cm³/mol. The van der Waals surface area contributed by atoms with E-state index in [1.807, 2.05) is 37.8 Å². The highest BCUT2D eigenvalue weighted by Gasteiger charge is 2.32. The maximum atomic E-state index is 11.9. The lowest BCUT2D eigenvalue weighted by Crippen LogP contribution is -2.48. The molecule has 1 N–H and O–H groups in total. The topological polar surface area (TPSA) is 56.2 Å². The molecule has 1 aromatic heterocycles. The second kappa shape index (κ2) is 7.28. The number of hydrogen-bond donors (Lipinski definition) is 1. The van der Waals surface area contributed by atoms with Crippen molar-refractivity contribution in [3.63, 3.8) is 0 Å². The largest absolute Gasteiger partial charge is 0.465 e. The number of aryl methyl sites for hydroxylation is 2. The van der Waals surface area contributed by atoms with E-state index in [4.69, 9.17) is 4.74 Å². The monoisotopic (exact) mass is 267 g/mol. The van der Waals surface area contributed by atoms with Crippen LogP contribution in [0.4, 0.5) is 0 Å². The molecule has 0 saturated carbocycles. The van der Waals surface area contributed by atoms with E-state index in [0.29, 0.717) is 6.61 Å². The Morgan fingerprint density at radius 3 is 2.79 bits per heavy atom. The number of ether oxygens (including phenoxy) is 1. The Morgan fingerprint density at radius 2 is 2.26 bits per heavy atom. The van der Waals surface area contributed by atoms with Crippen molar-refractivity contribution in [2.75, 3.05) is 13.7 Å². The maximum absolute atomic E-state index is 11.9. The van der Waals surface area contributed by atoms with Crippen molar-refractivity contribution >= 4 is 5.97 Å². The number of esters is 1. The quantitative estimate of drug-likeness (QED) is 0.577. The lowest BCUT2D eigenvalue weighted by Gasteiger charge is -2.26. The second-order valence-corrected chi connectivity index (χ2v) is 5.04. The first kappa shape index (κ1) is 15.7. The van der Waals surface area contributed by atoms with Crippen molar-refractivity contribution in [3.05, 3.63) is 18.0 Å². The Labute approximate surface area is 115 Å². The van der Waals surface area contributed by atoms with Gasteiger partial charge in [0, 0.05) is 12.7 Å². The average molecular weight is 267 g/mol.